The summed E-state index contributed by atoms with van der Waals surface area (Å²) in [5.74, 6) is -0.141. The van der Waals surface area contributed by atoms with Gasteiger partial charge in [0.1, 0.15) is 0 Å². The number of rotatable bonds is 7. The summed E-state index contributed by atoms with van der Waals surface area (Å²) in [4.78, 5) is 33.0. The fourth-order valence-electron chi connectivity index (χ4n) is 3.17. The van der Waals surface area contributed by atoms with Gasteiger partial charge >= 0.3 is 0 Å². The van der Waals surface area contributed by atoms with Crippen LogP contribution in [-0.4, -0.2) is 27.5 Å². The van der Waals surface area contributed by atoms with Gasteiger partial charge in [-0.25, -0.2) is 9.97 Å². The maximum atomic E-state index is 12.5. The number of nitrogens with one attached hydrogen (secondary N) is 2. The molecule has 0 atom stereocenters. The average molecular weight is 455 g/mol. The lowest BCUT2D eigenvalue weighted by molar-refractivity contribution is -0.114. The number of carbonyl (C=O) groups excluding carboxylic acids is 2. The maximum Gasteiger partial charge on any atom is 0.234 e. The second-order valence-electron chi connectivity index (χ2n) is 7.25. The maximum absolute atomic E-state index is 12.5. The van der Waals surface area contributed by atoms with Crippen LogP contribution in [0.5, 0.6) is 0 Å². The molecule has 4 rings (SSSR count). The van der Waals surface area contributed by atoms with Gasteiger partial charge in [-0.1, -0.05) is 72.4 Å². The van der Waals surface area contributed by atoms with Crippen LogP contribution >= 0.6 is 11.8 Å². The third kappa shape index (κ3) is 6.27. The van der Waals surface area contributed by atoms with Crippen molar-refractivity contribution >= 4 is 35.0 Å². The van der Waals surface area contributed by atoms with Crippen molar-refractivity contribution < 1.29 is 9.59 Å². The van der Waals surface area contributed by atoms with Crippen LogP contribution in [0.2, 0.25) is 0 Å². The number of carbonyl (C=O) groups is 2. The van der Waals surface area contributed by atoms with Gasteiger partial charge in [-0.2, -0.15) is 0 Å². The zero-order valence-electron chi connectivity index (χ0n) is 18.0. The van der Waals surface area contributed by atoms with E-state index < -0.39 is 0 Å². The number of nitrogens with zero attached hydrogens (tertiary/aromatic N) is 2. The molecule has 7 heteroatoms. The van der Waals surface area contributed by atoms with Gasteiger partial charge in [0.2, 0.25) is 11.8 Å². The number of hydrogen-bond donors (Lipinski definition) is 2. The first-order valence-corrected chi connectivity index (χ1v) is 11.4. The van der Waals surface area contributed by atoms with Gasteiger partial charge in [-0.3, -0.25) is 9.59 Å². The molecule has 0 saturated heterocycles. The molecule has 3 aromatic carbocycles. The second-order valence-corrected chi connectivity index (χ2v) is 8.19. The van der Waals surface area contributed by atoms with Crippen LogP contribution in [0.25, 0.3) is 22.5 Å². The van der Waals surface area contributed by atoms with Crippen molar-refractivity contribution in [2.75, 3.05) is 16.4 Å². The van der Waals surface area contributed by atoms with E-state index >= 15 is 0 Å². The average Bonchev–Trinajstić information content (AvgIpc) is 2.84. The van der Waals surface area contributed by atoms with Crippen LogP contribution in [0.15, 0.2) is 96.2 Å². The molecule has 0 spiro atoms. The van der Waals surface area contributed by atoms with Crippen molar-refractivity contribution in [2.45, 2.75) is 12.1 Å². The number of benzene rings is 3. The van der Waals surface area contributed by atoms with E-state index in [4.69, 9.17) is 0 Å². The minimum Gasteiger partial charge on any atom is -0.326 e. The molecule has 0 radical (unpaired) electrons. The van der Waals surface area contributed by atoms with Gasteiger partial charge < -0.3 is 10.6 Å². The van der Waals surface area contributed by atoms with Gasteiger partial charge in [0.25, 0.3) is 0 Å². The van der Waals surface area contributed by atoms with E-state index in [1.807, 2.05) is 66.7 Å². The van der Waals surface area contributed by atoms with Crippen LogP contribution in [0, 0.1) is 0 Å². The Kier molecular flexibility index (Phi) is 7.12. The number of anilines is 2. The Morgan fingerprint density at radius 1 is 0.727 bits per heavy atom. The molecule has 6 nitrogen and oxygen atoms in total. The molecular weight excluding hydrogens is 432 g/mol. The molecular formula is C26H22N4O2S. The summed E-state index contributed by atoms with van der Waals surface area (Å²) >= 11 is 1.29. The van der Waals surface area contributed by atoms with Crippen LogP contribution in [0.4, 0.5) is 11.4 Å². The zero-order valence-corrected chi connectivity index (χ0v) is 18.8. The number of amides is 2. The Morgan fingerprint density at radius 2 is 1.21 bits per heavy atom. The minimum absolute atomic E-state index is 0.143. The smallest absolute Gasteiger partial charge is 0.234 e. The van der Waals surface area contributed by atoms with Crippen molar-refractivity contribution in [3.05, 3.63) is 91.0 Å². The lowest BCUT2D eigenvalue weighted by atomic mass is 10.1. The lowest BCUT2D eigenvalue weighted by Gasteiger charge is -2.09. The monoisotopic (exact) mass is 454 g/mol. The molecule has 33 heavy (non-hydrogen) atoms. The predicted octanol–water partition coefficient (Wildman–Crippen LogP) is 5.50. The highest BCUT2D eigenvalue weighted by Crippen LogP contribution is 2.27. The number of aromatic nitrogens is 2. The molecule has 1 aromatic heterocycles. The van der Waals surface area contributed by atoms with Gasteiger partial charge in [0.05, 0.1) is 17.1 Å². The van der Waals surface area contributed by atoms with Gasteiger partial charge in [0, 0.05) is 29.4 Å². The molecule has 0 unspecified atom stereocenters. The number of hydrogen-bond acceptors (Lipinski definition) is 5. The Labute approximate surface area is 196 Å². The fraction of sp³-hybridized carbons (Fsp3) is 0.0769. The van der Waals surface area contributed by atoms with E-state index in [1.165, 1.54) is 18.7 Å². The van der Waals surface area contributed by atoms with Crippen LogP contribution in [0.3, 0.4) is 0 Å². The summed E-state index contributed by atoms with van der Waals surface area (Å²) in [6.45, 7) is 1.45. The Bertz CT molecular complexity index is 1190. The van der Waals surface area contributed by atoms with E-state index in [9.17, 15) is 9.59 Å². The van der Waals surface area contributed by atoms with Crippen molar-refractivity contribution in [1.29, 1.82) is 0 Å². The summed E-state index contributed by atoms with van der Waals surface area (Å²) in [6, 6.07) is 28.7. The van der Waals surface area contributed by atoms with E-state index in [1.54, 1.807) is 24.3 Å². The van der Waals surface area contributed by atoms with E-state index in [0.29, 0.717) is 16.5 Å². The van der Waals surface area contributed by atoms with Gasteiger partial charge in [-0.15, -0.1) is 0 Å². The third-order valence-corrected chi connectivity index (χ3v) is 5.51. The Balaban J connectivity index is 1.49. The van der Waals surface area contributed by atoms with Crippen molar-refractivity contribution in [3.8, 4) is 22.5 Å². The quantitative estimate of drug-likeness (QED) is 0.285. The summed E-state index contributed by atoms with van der Waals surface area (Å²) in [5, 5.41) is 6.09. The molecule has 0 aliphatic rings. The van der Waals surface area contributed by atoms with Crippen LogP contribution < -0.4 is 10.6 Å². The summed E-state index contributed by atoms with van der Waals surface area (Å²) < 4.78 is 0. The first-order chi connectivity index (χ1) is 16.1. The molecule has 0 bridgehead atoms. The predicted molar refractivity (Wildman–Crippen MR) is 133 cm³/mol. The zero-order chi connectivity index (χ0) is 23.0. The lowest BCUT2D eigenvalue weighted by Crippen LogP contribution is -2.14. The normalized spacial score (nSPS) is 10.5. The second kappa shape index (κ2) is 10.6. The molecule has 2 N–H and O–H groups in total. The highest BCUT2D eigenvalue weighted by molar-refractivity contribution is 7.99. The van der Waals surface area contributed by atoms with E-state index in [2.05, 4.69) is 20.6 Å². The van der Waals surface area contributed by atoms with Crippen molar-refractivity contribution in [2.24, 2.45) is 0 Å². The first-order valence-electron chi connectivity index (χ1n) is 10.4. The van der Waals surface area contributed by atoms with E-state index in [-0.39, 0.29) is 17.6 Å². The Morgan fingerprint density at radius 3 is 1.70 bits per heavy atom. The van der Waals surface area contributed by atoms with Crippen LogP contribution in [0.1, 0.15) is 6.92 Å². The standard InChI is InChI=1S/C26H22N4O2S/c1-18(31)27-21-12-14-22(15-13-21)28-25(32)17-33-26-29-23(19-8-4-2-5-9-19)16-24(30-26)20-10-6-3-7-11-20/h2-16H,17H2,1H3,(H,27,31)(H,28,32). The van der Waals surface area contributed by atoms with Crippen LogP contribution in [-0.2, 0) is 9.59 Å². The van der Waals surface area contributed by atoms with Crippen molar-refractivity contribution in [1.82, 2.24) is 9.97 Å². The summed E-state index contributed by atoms with van der Waals surface area (Å²) in [6.07, 6.45) is 0. The third-order valence-electron chi connectivity index (χ3n) is 4.67. The molecule has 1 heterocycles. The molecule has 4 aromatic rings. The highest BCUT2D eigenvalue weighted by atomic mass is 32.2. The molecule has 0 aliphatic carbocycles. The van der Waals surface area contributed by atoms with Gasteiger partial charge in [-0.05, 0) is 30.3 Å². The molecule has 164 valence electrons. The fourth-order valence-corrected chi connectivity index (χ4v) is 3.83. The largest absolute Gasteiger partial charge is 0.326 e. The number of thioether (sulfide) groups is 1. The molecule has 0 saturated carbocycles. The molecule has 0 fully saturated rings. The summed E-state index contributed by atoms with van der Waals surface area (Å²) in [7, 11) is 0. The molecule has 0 aliphatic heterocycles. The Hall–Kier alpha value is -3.97. The van der Waals surface area contributed by atoms with Crippen molar-refractivity contribution in [3.63, 3.8) is 0 Å². The highest BCUT2D eigenvalue weighted by Gasteiger charge is 2.11. The summed E-state index contributed by atoms with van der Waals surface area (Å²) in [5.41, 5.74) is 4.92. The SMILES string of the molecule is CC(=O)Nc1ccc(NC(=O)CSc2nc(-c3ccccc3)cc(-c3ccccc3)n2)cc1. The minimum atomic E-state index is -0.165. The first kappa shape index (κ1) is 22.2. The van der Waals surface area contributed by atoms with E-state index in [0.717, 1.165) is 22.5 Å². The van der Waals surface area contributed by atoms with Gasteiger partial charge in [0.15, 0.2) is 5.16 Å². The topological polar surface area (TPSA) is 84.0 Å². The molecule has 2 amide bonds.